The normalized spacial score (nSPS) is 15.6. The molecular formula is C29H28FN3O3. The number of aromatic nitrogens is 1. The highest BCUT2D eigenvalue weighted by molar-refractivity contribution is 5.92. The molecule has 1 fully saturated rings. The molecule has 3 aromatic carbocycles. The van der Waals surface area contributed by atoms with Crippen molar-refractivity contribution >= 4 is 22.9 Å². The van der Waals surface area contributed by atoms with Crippen LogP contribution >= 0.6 is 0 Å². The molecule has 1 aliphatic rings. The molecule has 4 aromatic rings. The van der Waals surface area contributed by atoms with Crippen LogP contribution in [-0.2, 0) is 28.1 Å². The first-order chi connectivity index (χ1) is 17.4. The van der Waals surface area contributed by atoms with Gasteiger partial charge < -0.3 is 20.4 Å². The summed E-state index contributed by atoms with van der Waals surface area (Å²) in [6.07, 6.45) is 3.02. The van der Waals surface area contributed by atoms with Gasteiger partial charge in [0.2, 0.25) is 5.91 Å². The van der Waals surface area contributed by atoms with Crippen molar-refractivity contribution in [3.05, 3.63) is 108 Å². The van der Waals surface area contributed by atoms with Crippen molar-refractivity contribution < 1.29 is 18.7 Å². The van der Waals surface area contributed by atoms with Crippen LogP contribution in [0.15, 0.2) is 85.1 Å². The molecule has 2 amide bonds. The highest BCUT2D eigenvalue weighted by Crippen LogP contribution is 2.45. The van der Waals surface area contributed by atoms with Crippen LogP contribution < -0.4 is 10.6 Å². The number of hydrogen-bond acceptors (Lipinski definition) is 3. The molecule has 0 spiro atoms. The van der Waals surface area contributed by atoms with E-state index >= 15 is 0 Å². The third kappa shape index (κ3) is 4.96. The van der Waals surface area contributed by atoms with Crippen molar-refractivity contribution in [2.45, 2.75) is 43.9 Å². The molecule has 1 atom stereocenters. The first kappa shape index (κ1) is 23.6. The van der Waals surface area contributed by atoms with Crippen LogP contribution in [0.4, 0.5) is 9.18 Å². The number of para-hydroxylation sites is 1. The van der Waals surface area contributed by atoms with Crippen molar-refractivity contribution in [3.63, 3.8) is 0 Å². The minimum atomic E-state index is -1.30. The Morgan fingerprint density at radius 1 is 1.03 bits per heavy atom. The fourth-order valence-electron chi connectivity index (χ4n) is 4.60. The zero-order chi connectivity index (χ0) is 25.2. The summed E-state index contributed by atoms with van der Waals surface area (Å²) in [7, 11) is 0. The van der Waals surface area contributed by atoms with E-state index in [0.29, 0.717) is 5.56 Å². The first-order valence-corrected chi connectivity index (χ1v) is 12.0. The molecule has 184 valence electrons. The van der Waals surface area contributed by atoms with Crippen LogP contribution in [0.3, 0.4) is 0 Å². The first-order valence-electron chi connectivity index (χ1n) is 12.0. The highest BCUT2D eigenvalue weighted by atomic mass is 19.1. The van der Waals surface area contributed by atoms with Gasteiger partial charge >= 0.3 is 6.09 Å². The summed E-state index contributed by atoms with van der Waals surface area (Å²) in [6.45, 7) is 1.59. The number of H-pyrrole nitrogens is 1. The standard InChI is InChI=1S/C29H28FN3O3/c1-28(17-21-18-31-25-13-6-5-12-24(21)25,33-27(35)36-19-20-8-7-11-23(30)16-20)26(34)32-29(14-15-29)22-9-3-2-4-10-22/h2-13,16,18,31H,14-15,17,19H2,1H3,(H,32,34)(H,33,35)/t28-/m1/s1. The minimum Gasteiger partial charge on any atom is -0.445 e. The van der Waals surface area contributed by atoms with Gasteiger partial charge in [-0.3, -0.25) is 4.79 Å². The molecule has 0 saturated heterocycles. The van der Waals surface area contributed by atoms with E-state index in [1.807, 2.05) is 60.8 Å². The SMILES string of the molecule is C[C@](Cc1c[nH]c2ccccc12)(NC(=O)OCc1cccc(F)c1)C(=O)NC1(c2ccccc2)CC1. The van der Waals surface area contributed by atoms with E-state index in [-0.39, 0.29) is 18.9 Å². The summed E-state index contributed by atoms with van der Waals surface area (Å²) < 4.78 is 18.9. The van der Waals surface area contributed by atoms with E-state index in [1.165, 1.54) is 12.1 Å². The molecule has 5 rings (SSSR count). The number of carbonyl (C=O) groups excluding carboxylic acids is 2. The largest absolute Gasteiger partial charge is 0.445 e. The molecule has 1 saturated carbocycles. The van der Waals surface area contributed by atoms with Gasteiger partial charge in [-0.15, -0.1) is 0 Å². The molecule has 0 aliphatic heterocycles. The van der Waals surface area contributed by atoms with Crippen molar-refractivity contribution in [1.29, 1.82) is 0 Å². The number of benzene rings is 3. The summed E-state index contributed by atoms with van der Waals surface area (Å²) in [4.78, 5) is 29.8. The monoisotopic (exact) mass is 485 g/mol. The molecular weight excluding hydrogens is 457 g/mol. The molecule has 1 aromatic heterocycles. The van der Waals surface area contributed by atoms with Crippen molar-refractivity contribution in [3.8, 4) is 0 Å². The quantitative estimate of drug-likeness (QED) is 0.315. The predicted molar refractivity (Wildman–Crippen MR) is 136 cm³/mol. The predicted octanol–water partition coefficient (Wildman–Crippen LogP) is 5.34. The Bertz CT molecular complexity index is 1400. The smallest absolute Gasteiger partial charge is 0.408 e. The van der Waals surface area contributed by atoms with Gasteiger partial charge in [0.05, 0.1) is 5.54 Å². The summed E-state index contributed by atoms with van der Waals surface area (Å²) in [5, 5.41) is 6.99. The molecule has 6 nitrogen and oxygen atoms in total. The second-order valence-electron chi connectivity index (χ2n) is 9.60. The Balaban J connectivity index is 1.37. The number of rotatable bonds is 8. The summed E-state index contributed by atoms with van der Waals surface area (Å²) in [6, 6.07) is 23.5. The fourth-order valence-corrected chi connectivity index (χ4v) is 4.60. The zero-order valence-electron chi connectivity index (χ0n) is 20.0. The number of hydrogen-bond donors (Lipinski definition) is 3. The number of halogens is 1. The van der Waals surface area contributed by atoms with E-state index in [1.54, 1.807) is 19.1 Å². The highest BCUT2D eigenvalue weighted by Gasteiger charge is 2.49. The Labute approximate surface area is 208 Å². The Kier molecular flexibility index (Phi) is 6.22. The minimum absolute atomic E-state index is 0.109. The number of alkyl carbamates (subject to hydrolysis) is 1. The van der Waals surface area contributed by atoms with E-state index < -0.39 is 23.0 Å². The van der Waals surface area contributed by atoms with Gasteiger partial charge in [-0.25, -0.2) is 9.18 Å². The van der Waals surface area contributed by atoms with Crippen LogP contribution in [0, 0.1) is 5.82 Å². The van der Waals surface area contributed by atoms with E-state index in [0.717, 1.165) is 34.9 Å². The van der Waals surface area contributed by atoms with Gasteiger partial charge in [-0.2, -0.15) is 0 Å². The van der Waals surface area contributed by atoms with Crippen LogP contribution in [0.5, 0.6) is 0 Å². The number of fused-ring (bicyclic) bond motifs is 1. The molecule has 0 bridgehead atoms. The van der Waals surface area contributed by atoms with Gasteiger partial charge in [-0.1, -0.05) is 60.7 Å². The van der Waals surface area contributed by atoms with E-state index in [9.17, 15) is 14.0 Å². The molecule has 3 N–H and O–H groups in total. The van der Waals surface area contributed by atoms with Crippen LogP contribution in [0.25, 0.3) is 10.9 Å². The Hall–Kier alpha value is -4.13. The molecule has 0 radical (unpaired) electrons. The van der Waals surface area contributed by atoms with Crippen LogP contribution in [0.2, 0.25) is 0 Å². The summed E-state index contributed by atoms with van der Waals surface area (Å²) >= 11 is 0. The maximum atomic E-state index is 13.8. The Morgan fingerprint density at radius 2 is 1.78 bits per heavy atom. The third-order valence-electron chi connectivity index (χ3n) is 6.79. The number of ether oxygens (including phenoxy) is 1. The second-order valence-corrected chi connectivity index (χ2v) is 9.60. The molecule has 36 heavy (non-hydrogen) atoms. The van der Waals surface area contributed by atoms with E-state index in [2.05, 4.69) is 15.6 Å². The van der Waals surface area contributed by atoms with Gasteiger partial charge in [0, 0.05) is 23.5 Å². The lowest BCUT2D eigenvalue weighted by molar-refractivity contribution is -0.128. The topological polar surface area (TPSA) is 83.2 Å². The number of nitrogens with one attached hydrogen (secondary N) is 3. The lowest BCUT2D eigenvalue weighted by Gasteiger charge is -2.32. The van der Waals surface area contributed by atoms with Crippen molar-refractivity contribution in [2.24, 2.45) is 0 Å². The number of aromatic amines is 1. The van der Waals surface area contributed by atoms with Crippen molar-refractivity contribution in [2.75, 3.05) is 0 Å². The van der Waals surface area contributed by atoms with Gasteiger partial charge in [-0.05, 0) is 54.7 Å². The van der Waals surface area contributed by atoms with Gasteiger partial charge in [0.15, 0.2) is 0 Å². The zero-order valence-corrected chi connectivity index (χ0v) is 20.0. The Morgan fingerprint density at radius 3 is 2.53 bits per heavy atom. The number of carbonyl (C=O) groups is 2. The molecule has 7 heteroatoms. The number of amides is 2. The van der Waals surface area contributed by atoms with E-state index in [4.69, 9.17) is 4.74 Å². The average molecular weight is 486 g/mol. The summed E-state index contributed by atoms with van der Waals surface area (Å²) in [5.41, 5.74) is 1.68. The fraction of sp³-hybridized carbons (Fsp3) is 0.241. The maximum Gasteiger partial charge on any atom is 0.408 e. The van der Waals surface area contributed by atoms with Crippen LogP contribution in [-0.4, -0.2) is 22.5 Å². The van der Waals surface area contributed by atoms with Gasteiger partial charge in [0.25, 0.3) is 0 Å². The lowest BCUT2D eigenvalue weighted by atomic mass is 9.90. The second kappa shape index (κ2) is 9.49. The van der Waals surface area contributed by atoms with Crippen molar-refractivity contribution in [1.82, 2.24) is 15.6 Å². The van der Waals surface area contributed by atoms with Gasteiger partial charge in [0.1, 0.15) is 18.0 Å². The molecule has 1 aliphatic carbocycles. The van der Waals surface area contributed by atoms with Crippen LogP contribution in [0.1, 0.15) is 36.5 Å². The maximum absolute atomic E-state index is 13.8. The summed E-state index contributed by atoms with van der Waals surface area (Å²) in [5.74, 6) is -0.701. The third-order valence-corrected chi connectivity index (χ3v) is 6.79. The molecule has 0 unspecified atom stereocenters. The average Bonchev–Trinajstić information content (AvgIpc) is 3.56. The lowest BCUT2D eigenvalue weighted by Crippen LogP contribution is -2.60. The molecule has 1 heterocycles.